The van der Waals surface area contributed by atoms with Gasteiger partial charge in [-0.25, -0.2) is 4.98 Å². The molecule has 12 atom stereocenters. The Hall–Kier alpha value is -7.45. The normalized spacial score (nSPS) is 31.2. The third-order valence-electron chi connectivity index (χ3n) is 24.9. The van der Waals surface area contributed by atoms with Crippen LogP contribution in [0.1, 0.15) is 198 Å². The molecule has 2 heterocycles. The Bertz CT molecular complexity index is 4000. The highest BCUT2D eigenvalue weighted by Gasteiger charge is 2.67. The Labute approximate surface area is 559 Å². The van der Waals surface area contributed by atoms with E-state index in [0.717, 1.165) is 131 Å². The van der Waals surface area contributed by atoms with Crippen molar-refractivity contribution in [2.75, 3.05) is 13.2 Å². The van der Waals surface area contributed by atoms with Crippen LogP contribution in [0.4, 0.5) is 0 Å². The maximum atomic E-state index is 11.4. The van der Waals surface area contributed by atoms with E-state index in [1.54, 1.807) is 39.0 Å². The highest BCUT2D eigenvalue weighted by Crippen LogP contribution is 2.73. The fourth-order valence-electron chi connectivity index (χ4n) is 20.5. The van der Waals surface area contributed by atoms with E-state index in [1.165, 1.54) is 66.4 Å². The summed E-state index contributed by atoms with van der Waals surface area (Å²) in [6.45, 7) is 8.11. The number of allylic oxidation sites excluding steroid dienone is 31. The Morgan fingerprint density at radius 2 is 1.49 bits per heavy atom. The molecule has 14 aliphatic rings. The van der Waals surface area contributed by atoms with Crippen LogP contribution in [-0.2, 0) is 10.2 Å². The number of rotatable bonds is 20. The van der Waals surface area contributed by atoms with Crippen molar-refractivity contribution in [1.82, 2.24) is 15.3 Å². The van der Waals surface area contributed by atoms with Crippen molar-refractivity contribution >= 4 is 22.4 Å². The van der Waals surface area contributed by atoms with Gasteiger partial charge in [0.25, 0.3) is 0 Å². The molecule has 1 fully saturated rings. The molecule has 8 nitrogen and oxygen atoms in total. The predicted molar refractivity (Wildman–Crippen MR) is 382 cm³/mol. The van der Waals surface area contributed by atoms with Crippen molar-refractivity contribution in [3.8, 4) is 5.88 Å². The molecule has 3 N–H and O–H groups in total. The zero-order valence-electron chi connectivity index (χ0n) is 56.1. The Balaban J connectivity index is 0.693. The molecule has 0 amide bonds. The summed E-state index contributed by atoms with van der Waals surface area (Å²) in [7, 11) is 0. The van der Waals surface area contributed by atoms with Gasteiger partial charge in [-0.3, -0.25) is 4.99 Å². The van der Waals surface area contributed by atoms with Gasteiger partial charge in [0.05, 0.1) is 35.8 Å². The highest BCUT2D eigenvalue weighted by atomic mass is 16.5. The highest BCUT2D eigenvalue weighted by molar-refractivity contribution is 6.11. The van der Waals surface area contributed by atoms with E-state index in [0.29, 0.717) is 90.9 Å². The zero-order valence-corrected chi connectivity index (χ0v) is 56.1. The molecule has 0 saturated heterocycles. The maximum absolute atomic E-state index is 11.4. The summed E-state index contributed by atoms with van der Waals surface area (Å²) in [5.41, 5.74) is 21.5. The standard InChI is InChI=1S/C86H98N4O4/c1-4-7-23-54(6-3)52-93-81-51-78(88-84(89-81)66-31-15-22-38-80(66)92)58-42-44-64-67-47-55(41-45-74(67)86(76(64)49-58)71-34-18-11-27-61(71)62-28-12-19-35-72(62)86)39-40-56(24-8-5-2)53-94-82-50-77(87-83(90-82)65-30-14-21-37-79(65)91)57-43-46-75-68(48-57)63-29-13-20-36-73(63)85(75)69-32-16-9-25-59(69)60-26-10-17-33-70(60)85/h9,11-12,16,18,20-21,25,27-28,32,34,36-37,41-47,49-51,54,56,61,64,67-68,71,74,76,84,89,91-92H,4-8,10,13-15,17,19,22-24,26,29-31,33,35,38-40,48,52-53H2,1-3H3. The lowest BCUT2D eigenvalue weighted by molar-refractivity contribution is 0.136. The van der Waals surface area contributed by atoms with E-state index in [9.17, 15) is 10.2 Å². The first kappa shape index (κ1) is 61.4. The number of hydrogen-bond donors (Lipinski definition) is 3. The van der Waals surface area contributed by atoms with Crippen LogP contribution < -0.4 is 10.1 Å². The van der Waals surface area contributed by atoms with Crippen LogP contribution in [0.25, 0.3) is 16.7 Å². The number of benzene rings is 1. The molecule has 1 aromatic carbocycles. The molecule has 486 valence electrons. The molecule has 8 heteroatoms. The molecule has 16 rings (SSSR count). The molecule has 13 aliphatic carbocycles. The molecule has 2 aromatic rings. The van der Waals surface area contributed by atoms with Crippen molar-refractivity contribution in [3.63, 3.8) is 0 Å². The number of unbranched alkanes of at least 4 members (excludes halogenated alkanes) is 2. The Morgan fingerprint density at radius 3 is 2.37 bits per heavy atom. The first-order valence-electron chi connectivity index (χ1n) is 37.2. The van der Waals surface area contributed by atoms with Gasteiger partial charge >= 0.3 is 0 Å². The van der Waals surface area contributed by atoms with Gasteiger partial charge in [-0.15, -0.1) is 0 Å². The summed E-state index contributed by atoms with van der Waals surface area (Å²) in [4.78, 5) is 16.1. The lowest BCUT2D eigenvalue weighted by atomic mass is 9.57. The second-order valence-electron chi connectivity index (χ2n) is 29.9. The fourth-order valence-corrected chi connectivity index (χ4v) is 20.5. The third-order valence-corrected chi connectivity index (χ3v) is 24.9. The molecule has 1 aliphatic heterocycles. The van der Waals surface area contributed by atoms with Crippen LogP contribution in [0.5, 0.6) is 5.88 Å². The lowest BCUT2D eigenvalue weighted by Crippen LogP contribution is -2.41. The van der Waals surface area contributed by atoms with E-state index in [-0.39, 0.29) is 28.7 Å². The monoisotopic (exact) mass is 1250 g/mol. The van der Waals surface area contributed by atoms with Gasteiger partial charge in [-0.2, -0.15) is 4.98 Å². The summed E-state index contributed by atoms with van der Waals surface area (Å²) in [6.07, 6.45) is 71.0. The number of aromatic nitrogens is 2. The molecule has 0 bridgehead atoms. The van der Waals surface area contributed by atoms with Crippen LogP contribution in [0, 0.1) is 58.7 Å². The van der Waals surface area contributed by atoms with Crippen LogP contribution in [-0.4, -0.2) is 45.3 Å². The van der Waals surface area contributed by atoms with E-state index >= 15 is 0 Å². The van der Waals surface area contributed by atoms with Gasteiger partial charge in [-0.05, 0) is 213 Å². The summed E-state index contributed by atoms with van der Waals surface area (Å²) in [5, 5.41) is 26.5. The minimum atomic E-state index is -0.355. The zero-order chi connectivity index (χ0) is 63.5. The number of aliphatic hydroxyl groups is 2. The number of ether oxygens (including phenoxy) is 2. The SMILES string of the molecule is CCCCC(CC)COC1=CC(C2=CC3C(C=C2)C2C=C(CCC(CCCC)COc4cc(C5=CC=C6C(C5)C5=C(C=CCC5)C65C6=C(CCCC6)c6ccccc65)nc(C5=C(O)C=CCC5)n4)C=CC2C32C3=C(C=CCC3)C3C=CC=CC32)=NC(C2=C(O)CCCC2)N1. The van der Waals surface area contributed by atoms with E-state index in [1.807, 2.05) is 12.2 Å². The Kier molecular flexibility index (Phi) is 16.9. The number of nitrogens with one attached hydrogen (secondary N) is 1. The lowest BCUT2D eigenvalue weighted by Gasteiger charge is -2.45. The summed E-state index contributed by atoms with van der Waals surface area (Å²) >= 11 is 0. The number of aliphatic hydroxyl groups excluding tert-OH is 2. The second kappa shape index (κ2) is 25.9. The Morgan fingerprint density at radius 1 is 0.681 bits per heavy atom. The molecular formula is C86H98N4O4. The maximum Gasteiger partial charge on any atom is 0.217 e. The van der Waals surface area contributed by atoms with Gasteiger partial charge in [0.1, 0.15) is 11.9 Å². The van der Waals surface area contributed by atoms with Gasteiger partial charge in [0.15, 0.2) is 11.7 Å². The van der Waals surface area contributed by atoms with E-state index in [2.05, 4.69) is 160 Å². The number of nitrogens with zero attached hydrogens (tertiary/aromatic N) is 3. The largest absolute Gasteiger partial charge is 0.512 e. The molecule has 12 unspecified atom stereocenters. The fraction of sp³-hybridized carbons (Fsp3) is 0.477. The minimum Gasteiger partial charge on any atom is -0.512 e. The van der Waals surface area contributed by atoms with E-state index < -0.39 is 0 Å². The quantitative estimate of drug-likeness (QED) is 0.121. The molecule has 2 spiro atoms. The van der Waals surface area contributed by atoms with Gasteiger partial charge < -0.3 is 25.0 Å². The number of fused-ring (bicyclic) bond motifs is 17. The third kappa shape index (κ3) is 10.5. The molecule has 1 aromatic heterocycles. The van der Waals surface area contributed by atoms with Crippen LogP contribution in [0.15, 0.2) is 218 Å². The average Bonchev–Trinajstić information content (AvgIpc) is 1.52. The van der Waals surface area contributed by atoms with Crippen LogP contribution >= 0.6 is 0 Å². The smallest absolute Gasteiger partial charge is 0.217 e. The summed E-state index contributed by atoms with van der Waals surface area (Å²) in [6, 6.07) is 11.5. The van der Waals surface area contributed by atoms with Gasteiger partial charge in [0, 0.05) is 47.0 Å². The topological polar surface area (TPSA) is 109 Å². The average molecular weight is 1250 g/mol. The van der Waals surface area contributed by atoms with Crippen LogP contribution in [0.2, 0.25) is 0 Å². The van der Waals surface area contributed by atoms with Crippen molar-refractivity contribution in [2.24, 2.45) is 63.7 Å². The molecule has 94 heavy (non-hydrogen) atoms. The first-order valence-corrected chi connectivity index (χ1v) is 37.2. The van der Waals surface area contributed by atoms with Crippen LogP contribution in [0.3, 0.4) is 0 Å². The molecule has 0 radical (unpaired) electrons. The number of hydrogen-bond acceptors (Lipinski definition) is 8. The van der Waals surface area contributed by atoms with Crippen molar-refractivity contribution in [2.45, 2.75) is 186 Å². The van der Waals surface area contributed by atoms with E-state index in [4.69, 9.17) is 24.4 Å². The first-order chi connectivity index (χ1) is 46.3. The number of aliphatic imine (C=N–C) groups is 1. The molecular weight excluding hydrogens is 1150 g/mol. The summed E-state index contributed by atoms with van der Waals surface area (Å²) in [5.74, 6) is 5.83. The van der Waals surface area contributed by atoms with Crippen molar-refractivity contribution < 1.29 is 19.7 Å². The predicted octanol–water partition coefficient (Wildman–Crippen LogP) is 20.6. The van der Waals surface area contributed by atoms with Gasteiger partial charge in [0.2, 0.25) is 5.88 Å². The minimum absolute atomic E-state index is 0.0882. The molecule has 1 saturated carbocycles. The van der Waals surface area contributed by atoms with Crippen molar-refractivity contribution in [3.05, 3.63) is 236 Å². The van der Waals surface area contributed by atoms with Gasteiger partial charge in [-0.1, -0.05) is 197 Å². The van der Waals surface area contributed by atoms with Crippen molar-refractivity contribution in [1.29, 1.82) is 0 Å². The second-order valence-corrected chi connectivity index (χ2v) is 29.9. The summed E-state index contributed by atoms with van der Waals surface area (Å²) < 4.78 is 13.8.